The molecule has 3 N–H and O–H groups in total. The summed E-state index contributed by atoms with van der Waals surface area (Å²) in [6.45, 7) is 3.89. The quantitative estimate of drug-likeness (QED) is 0.368. The van der Waals surface area contributed by atoms with Gasteiger partial charge in [-0.1, -0.05) is 0 Å². The van der Waals surface area contributed by atoms with Crippen molar-refractivity contribution in [2.75, 3.05) is 40.4 Å². The van der Waals surface area contributed by atoms with E-state index in [-0.39, 0.29) is 13.2 Å². The molecule has 0 aromatic rings. The van der Waals surface area contributed by atoms with Gasteiger partial charge >= 0.3 is 0 Å². The molecular formula is C11H24FN3O3. The summed E-state index contributed by atoms with van der Waals surface area (Å²) in [4.78, 5) is 1.86. The van der Waals surface area contributed by atoms with Crippen LogP contribution in [-0.4, -0.2) is 73.1 Å². The molecule has 108 valence electrons. The van der Waals surface area contributed by atoms with E-state index in [9.17, 15) is 9.50 Å². The third-order valence-electron chi connectivity index (χ3n) is 2.50. The highest BCUT2D eigenvalue weighted by molar-refractivity contribution is 4.94. The Bertz CT molecular complexity index is 265. The van der Waals surface area contributed by atoms with Crippen molar-refractivity contribution in [3.63, 3.8) is 0 Å². The van der Waals surface area contributed by atoms with Crippen molar-refractivity contribution in [2.24, 2.45) is 5.84 Å². The molecule has 1 fully saturated rings. The van der Waals surface area contributed by atoms with E-state index in [0.717, 1.165) is 0 Å². The third-order valence-corrected chi connectivity index (χ3v) is 2.50. The summed E-state index contributed by atoms with van der Waals surface area (Å²) in [6, 6.07) is 0. The van der Waals surface area contributed by atoms with Crippen LogP contribution in [-0.2, 0) is 9.47 Å². The van der Waals surface area contributed by atoms with E-state index in [2.05, 4.69) is 0 Å². The second-order valence-electron chi connectivity index (χ2n) is 5.73. The minimum absolute atomic E-state index is 0.0540. The largest absolute Gasteiger partial charge is 0.388 e. The summed E-state index contributed by atoms with van der Waals surface area (Å²) >= 11 is 0. The van der Waals surface area contributed by atoms with Gasteiger partial charge in [-0.15, -0.1) is 0 Å². The van der Waals surface area contributed by atoms with Crippen LogP contribution < -0.4 is 5.84 Å². The Morgan fingerprint density at radius 1 is 1.50 bits per heavy atom. The molecular weight excluding hydrogens is 241 g/mol. The summed E-state index contributed by atoms with van der Waals surface area (Å²) in [5.74, 6) is 5.55. The van der Waals surface area contributed by atoms with Gasteiger partial charge in [0, 0.05) is 20.1 Å². The maximum Gasteiger partial charge on any atom is 0.231 e. The minimum Gasteiger partial charge on any atom is -0.388 e. The maximum absolute atomic E-state index is 13.9. The van der Waals surface area contributed by atoms with Gasteiger partial charge < -0.3 is 14.6 Å². The lowest BCUT2D eigenvalue weighted by molar-refractivity contribution is -0.254. The van der Waals surface area contributed by atoms with Crippen LogP contribution in [0, 0.1) is 0 Å². The van der Waals surface area contributed by atoms with E-state index in [4.69, 9.17) is 15.3 Å². The summed E-state index contributed by atoms with van der Waals surface area (Å²) < 4.78 is 24.6. The first-order valence-corrected chi connectivity index (χ1v) is 5.92. The Kier molecular flexibility index (Phi) is 5.05. The molecule has 0 aliphatic carbocycles. The number of nitrogens with two attached hydrogens (primary N) is 1. The van der Waals surface area contributed by atoms with Crippen LogP contribution in [0.4, 0.5) is 4.39 Å². The first-order valence-electron chi connectivity index (χ1n) is 5.92. The van der Waals surface area contributed by atoms with Crippen molar-refractivity contribution in [3.05, 3.63) is 0 Å². The molecule has 0 amide bonds. The molecule has 0 aromatic heterocycles. The molecule has 1 rings (SSSR count). The SMILES string of the molecule is CN1CC(F)(COC(OCC(C)(C)O)N(C)N)C1. The normalized spacial score (nSPS) is 22.0. The van der Waals surface area contributed by atoms with E-state index >= 15 is 0 Å². The smallest absolute Gasteiger partial charge is 0.231 e. The van der Waals surface area contributed by atoms with Gasteiger partial charge in [-0.25, -0.2) is 4.39 Å². The lowest BCUT2D eigenvalue weighted by Gasteiger charge is -2.42. The Hall–Kier alpha value is -0.310. The zero-order valence-corrected chi connectivity index (χ0v) is 11.5. The third kappa shape index (κ3) is 5.13. The average molecular weight is 265 g/mol. The number of hydrazine groups is 1. The van der Waals surface area contributed by atoms with E-state index < -0.39 is 17.7 Å². The predicted molar refractivity (Wildman–Crippen MR) is 65.3 cm³/mol. The number of likely N-dealkylation sites (tertiary alicyclic amines) is 1. The molecule has 1 aliphatic heterocycles. The first-order chi connectivity index (χ1) is 8.11. The highest BCUT2D eigenvalue weighted by atomic mass is 19.1. The lowest BCUT2D eigenvalue weighted by atomic mass is 9.99. The second-order valence-corrected chi connectivity index (χ2v) is 5.73. The Morgan fingerprint density at radius 2 is 2.06 bits per heavy atom. The molecule has 6 nitrogen and oxygen atoms in total. The fourth-order valence-electron chi connectivity index (χ4n) is 1.79. The number of rotatable bonds is 7. The molecule has 0 aromatic carbocycles. The Balaban J connectivity index is 2.34. The molecule has 0 spiro atoms. The van der Waals surface area contributed by atoms with Crippen LogP contribution in [0.15, 0.2) is 0 Å². The van der Waals surface area contributed by atoms with Gasteiger partial charge in [0.25, 0.3) is 0 Å². The van der Waals surface area contributed by atoms with Gasteiger partial charge in [-0.3, -0.25) is 10.7 Å². The van der Waals surface area contributed by atoms with Gasteiger partial charge in [-0.05, 0) is 20.9 Å². The fraction of sp³-hybridized carbons (Fsp3) is 1.00. The van der Waals surface area contributed by atoms with E-state index in [0.29, 0.717) is 13.1 Å². The Morgan fingerprint density at radius 3 is 2.44 bits per heavy atom. The van der Waals surface area contributed by atoms with Crippen molar-refractivity contribution >= 4 is 0 Å². The second kappa shape index (κ2) is 5.77. The summed E-state index contributed by atoms with van der Waals surface area (Å²) in [5.41, 5.74) is -2.32. The van der Waals surface area contributed by atoms with Crippen molar-refractivity contribution in [1.29, 1.82) is 0 Å². The molecule has 1 saturated heterocycles. The first kappa shape index (κ1) is 15.7. The summed E-state index contributed by atoms with van der Waals surface area (Å²) in [5, 5.41) is 10.8. The van der Waals surface area contributed by atoms with Gasteiger partial charge in [0.05, 0.1) is 18.8 Å². The molecule has 18 heavy (non-hydrogen) atoms. The summed E-state index contributed by atoms with van der Waals surface area (Å²) in [7, 11) is 3.40. The van der Waals surface area contributed by atoms with E-state index in [1.54, 1.807) is 20.9 Å². The zero-order valence-electron chi connectivity index (χ0n) is 11.5. The van der Waals surface area contributed by atoms with Gasteiger partial charge in [0.1, 0.15) is 0 Å². The van der Waals surface area contributed by atoms with Gasteiger partial charge in [0.15, 0.2) is 5.67 Å². The number of halogens is 1. The lowest BCUT2D eigenvalue weighted by Crippen LogP contribution is -2.60. The molecule has 0 bridgehead atoms. The number of aliphatic hydroxyl groups is 1. The average Bonchev–Trinajstić information content (AvgIpc) is 2.13. The van der Waals surface area contributed by atoms with Crippen LogP contribution in [0.2, 0.25) is 0 Å². The Labute approximate surface area is 107 Å². The predicted octanol–water partition coefficient (Wildman–Crippen LogP) is -0.467. The van der Waals surface area contributed by atoms with Gasteiger partial charge in [-0.2, -0.15) is 5.01 Å². The summed E-state index contributed by atoms with van der Waals surface area (Å²) in [6.07, 6.45) is -0.866. The van der Waals surface area contributed by atoms with Crippen molar-refractivity contribution < 1.29 is 19.0 Å². The van der Waals surface area contributed by atoms with Crippen LogP contribution in [0.3, 0.4) is 0 Å². The highest BCUT2D eigenvalue weighted by Crippen LogP contribution is 2.24. The number of ether oxygens (including phenoxy) is 2. The number of hydrogen-bond donors (Lipinski definition) is 2. The molecule has 0 radical (unpaired) electrons. The van der Waals surface area contributed by atoms with Crippen LogP contribution in [0.1, 0.15) is 13.8 Å². The van der Waals surface area contributed by atoms with Crippen LogP contribution in [0.25, 0.3) is 0 Å². The monoisotopic (exact) mass is 265 g/mol. The topological polar surface area (TPSA) is 71.2 Å². The highest BCUT2D eigenvalue weighted by Gasteiger charge is 2.42. The molecule has 1 atom stereocenters. The van der Waals surface area contributed by atoms with E-state index in [1.165, 1.54) is 5.01 Å². The maximum atomic E-state index is 13.9. The van der Waals surface area contributed by atoms with Crippen LogP contribution in [0.5, 0.6) is 0 Å². The minimum atomic E-state index is -1.33. The van der Waals surface area contributed by atoms with Crippen LogP contribution >= 0.6 is 0 Å². The standard InChI is InChI=1S/C11H24FN3O3/c1-10(2,16)7-17-9(15(4)13)18-8-11(12)5-14(3)6-11/h9,16H,5-8,13H2,1-4H3. The zero-order chi connectivity index (χ0) is 14.0. The van der Waals surface area contributed by atoms with Crippen molar-refractivity contribution in [2.45, 2.75) is 31.5 Å². The van der Waals surface area contributed by atoms with Crippen molar-refractivity contribution in [1.82, 2.24) is 9.91 Å². The van der Waals surface area contributed by atoms with Gasteiger partial charge in [0.2, 0.25) is 6.41 Å². The van der Waals surface area contributed by atoms with Crippen molar-refractivity contribution in [3.8, 4) is 0 Å². The number of nitrogens with zero attached hydrogens (tertiary/aromatic N) is 2. The van der Waals surface area contributed by atoms with E-state index in [1.807, 2.05) is 11.9 Å². The number of hydrogen-bond acceptors (Lipinski definition) is 6. The molecule has 7 heteroatoms. The molecule has 0 saturated carbocycles. The molecule has 1 aliphatic rings. The fourth-order valence-corrected chi connectivity index (χ4v) is 1.79. The molecule has 1 heterocycles. The number of alkyl halides is 1. The molecule has 1 unspecified atom stereocenters.